The molecule has 0 saturated heterocycles. The second-order valence-electron chi connectivity index (χ2n) is 2.41. The van der Waals surface area contributed by atoms with Gasteiger partial charge in [-0.05, 0) is 13.3 Å². The van der Waals surface area contributed by atoms with Gasteiger partial charge in [-0.2, -0.15) is 0 Å². The fourth-order valence-corrected chi connectivity index (χ4v) is 1.60. The van der Waals surface area contributed by atoms with Crippen LogP contribution in [0.3, 0.4) is 0 Å². The molecule has 0 rings (SSSR count). The topological polar surface area (TPSA) is 66.8 Å². The highest BCUT2D eigenvalue weighted by molar-refractivity contribution is 7.52. The Labute approximate surface area is 66.7 Å². The number of rotatable bonds is 5. The standard InChI is InChI=1S/C6H15O4P/c1-3-6(2)10-11(8,9)5-4-7/h6-7H,3-5H2,1-2H3,(H,8,9). The lowest BCUT2D eigenvalue weighted by Crippen LogP contribution is -2.07. The van der Waals surface area contributed by atoms with Gasteiger partial charge in [0.25, 0.3) is 0 Å². The number of aliphatic hydroxyl groups is 1. The van der Waals surface area contributed by atoms with E-state index in [0.717, 1.165) is 0 Å². The molecule has 0 aliphatic carbocycles. The van der Waals surface area contributed by atoms with Gasteiger partial charge in [0, 0.05) is 0 Å². The van der Waals surface area contributed by atoms with Gasteiger partial charge in [-0.1, -0.05) is 6.92 Å². The second-order valence-corrected chi connectivity index (χ2v) is 4.34. The van der Waals surface area contributed by atoms with Gasteiger partial charge < -0.3 is 14.5 Å². The molecule has 0 aromatic carbocycles. The summed E-state index contributed by atoms with van der Waals surface area (Å²) in [4.78, 5) is 8.99. The summed E-state index contributed by atoms with van der Waals surface area (Å²) in [5.41, 5.74) is 0. The van der Waals surface area contributed by atoms with Crippen molar-refractivity contribution in [3.63, 3.8) is 0 Å². The van der Waals surface area contributed by atoms with Crippen LogP contribution in [0.15, 0.2) is 0 Å². The molecule has 68 valence electrons. The van der Waals surface area contributed by atoms with Crippen molar-refractivity contribution in [2.24, 2.45) is 0 Å². The number of hydrogen-bond acceptors (Lipinski definition) is 3. The van der Waals surface area contributed by atoms with Gasteiger partial charge in [0.1, 0.15) is 0 Å². The molecule has 2 unspecified atom stereocenters. The maximum atomic E-state index is 11.0. The van der Waals surface area contributed by atoms with Gasteiger partial charge in [0.2, 0.25) is 0 Å². The van der Waals surface area contributed by atoms with Crippen LogP contribution in [0, 0.1) is 0 Å². The Hall–Kier alpha value is 0.110. The van der Waals surface area contributed by atoms with Crippen LogP contribution in [-0.2, 0) is 9.09 Å². The van der Waals surface area contributed by atoms with Gasteiger partial charge in [0.15, 0.2) is 0 Å². The van der Waals surface area contributed by atoms with Gasteiger partial charge in [-0.3, -0.25) is 4.57 Å². The van der Waals surface area contributed by atoms with Crippen molar-refractivity contribution in [1.82, 2.24) is 0 Å². The predicted molar refractivity (Wildman–Crippen MR) is 42.6 cm³/mol. The van der Waals surface area contributed by atoms with E-state index >= 15 is 0 Å². The molecule has 4 nitrogen and oxygen atoms in total. The normalized spacial score (nSPS) is 19.3. The molecule has 0 spiro atoms. The van der Waals surface area contributed by atoms with Crippen LogP contribution in [-0.4, -0.2) is 28.9 Å². The van der Waals surface area contributed by atoms with Crippen molar-refractivity contribution in [2.45, 2.75) is 26.4 Å². The minimum absolute atomic E-state index is 0.183. The van der Waals surface area contributed by atoms with Crippen molar-refractivity contribution >= 4 is 7.60 Å². The van der Waals surface area contributed by atoms with Crippen LogP contribution in [0.4, 0.5) is 0 Å². The lowest BCUT2D eigenvalue weighted by atomic mass is 10.3. The molecule has 0 aliphatic rings. The molecular weight excluding hydrogens is 167 g/mol. The predicted octanol–water partition coefficient (Wildman–Crippen LogP) is 0.979. The third kappa shape index (κ3) is 5.39. The van der Waals surface area contributed by atoms with Crippen LogP contribution in [0.25, 0.3) is 0 Å². The highest BCUT2D eigenvalue weighted by Crippen LogP contribution is 2.42. The summed E-state index contributed by atoms with van der Waals surface area (Å²) in [5, 5.41) is 8.38. The van der Waals surface area contributed by atoms with Crippen molar-refractivity contribution < 1.29 is 19.1 Å². The molecule has 0 bridgehead atoms. The summed E-state index contributed by atoms with van der Waals surface area (Å²) in [5.74, 6) is 0. The SMILES string of the molecule is CCC(C)OP(=O)(O)CCO. The van der Waals surface area contributed by atoms with E-state index in [2.05, 4.69) is 0 Å². The van der Waals surface area contributed by atoms with Crippen molar-refractivity contribution in [1.29, 1.82) is 0 Å². The Morgan fingerprint density at radius 1 is 1.64 bits per heavy atom. The molecule has 0 heterocycles. The summed E-state index contributed by atoms with van der Waals surface area (Å²) in [6, 6.07) is 0. The molecule has 0 radical (unpaired) electrons. The average Bonchev–Trinajstić information content (AvgIpc) is 1.86. The highest BCUT2D eigenvalue weighted by Gasteiger charge is 2.20. The van der Waals surface area contributed by atoms with Crippen LogP contribution in [0.5, 0.6) is 0 Å². The van der Waals surface area contributed by atoms with Gasteiger partial charge in [0.05, 0.1) is 18.9 Å². The first-order chi connectivity index (χ1) is 5.02. The van der Waals surface area contributed by atoms with Crippen LogP contribution < -0.4 is 0 Å². The first-order valence-corrected chi connectivity index (χ1v) is 5.39. The van der Waals surface area contributed by atoms with E-state index in [1.165, 1.54) is 0 Å². The zero-order valence-electron chi connectivity index (χ0n) is 6.86. The van der Waals surface area contributed by atoms with Gasteiger partial charge in [-0.25, -0.2) is 0 Å². The summed E-state index contributed by atoms with van der Waals surface area (Å²) in [6.45, 7) is 3.27. The summed E-state index contributed by atoms with van der Waals surface area (Å²) < 4.78 is 15.7. The Balaban J connectivity index is 3.81. The third-order valence-electron chi connectivity index (χ3n) is 1.30. The molecule has 0 amide bonds. The quantitative estimate of drug-likeness (QED) is 0.622. The molecule has 11 heavy (non-hydrogen) atoms. The van der Waals surface area contributed by atoms with E-state index in [1.54, 1.807) is 6.92 Å². The molecule has 2 N–H and O–H groups in total. The van der Waals surface area contributed by atoms with Crippen LogP contribution in [0.1, 0.15) is 20.3 Å². The van der Waals surface area contributed by atoms with Gasteiger partial charge >= 0.3 is 7.60 Å². The third-order valence-corrected chi connectivity index (χ3v) is 2.76. The lowest BCUT2D eigenvalue weighted by Gasteiger charge is -2.15. The molecule has 0 aromatic rings. The molecule has 2 atom stereocenters. The molecule has 0 aliphatic heterocycles. The van der Waals surface area contributed by atoms with Crippen LogP contribution in [0.2, 0.25) is 0 Å². The second kappa shape index (κ2) is 4.88. The molecule has 5 heteroatoms. The minimum Gasteiger partial charge on any atom is -0.396 e. The maximum absolute atomic E-state index is 11.0. The first-order valence-electron chi connectivity index (χ1n) is 3.63. The van der Waals surface area contributed by atoms with Crippen molar-refractivity contribution in [2.75, 3.05) is 12.8 Å². The highest BCUT2D eigenvalue weighted by atomic mass is 31.2. The number of aliphatic hydroxyl groups excluding tert-OH is 1. The number of hydrogen-bond donors (Lipinski definition) is 2. The van der Waals surface area contributed by atoms with E-state index in [1.807, 2.05) is 6.92 Å². The first kappa shape index (κ1) is 11.1. The molecule has 0 fully saturated rings. The van der Waals surface area contributed by atoms with Crippen molar-refractivity contribution in [3.05, 3.63) is 0 Å². The van der Waals surface area contributed by atoms with Gasteiger partial charge in [-0.15, -0.1) is 0 Å². The summed E-state index contributed by atoms with van der Waals surface area (Å²) >= 11 is 0. The smallest absolute Gasteiger partial charge is 0.330 e. The zero-order chi connectivity index (χ0) is 8.91. The van der Waals surface area contributed by atoms with E-state index in [4.69, 9.17) is 14.5 Å². The lowest BCUT2D eigenvalue weighted by molar-refractivity contribution is 0.180. The maximum Gasteiger partial charge on any atom is 0.330 e. The van der Waals surface area contributed by atoms with E-state index in [0.29, 0.717) is 6.42 Å². The van der Waals surface area contributed by atoms with E-state index in [9.17, 15) is 4.57 Å². The van der Waals surface area contributed by atoms with Crippen molar-refractivity contribution in [3.8, 4) is 0 Å². The summed E-state index contributed by atoms with van der Waals surface area (Å²) in [6.07, 6.45) is 0.283. The average molecular weight is 182 g/mol. The monoisotopic (exact) mass is 182 g/mol. The minimum atomic E-state index is -3.52. The Morgan fingerprint density at radius 3 is 2.55 bits per heavy atom. The largest absolute Gasteiger partial charge is 0.396 e. The Morgan fingerprint density at radius 2 is 2.18 bits per heavy atom. The van der Waals surface area contributed by atoms with E-state index in [-0.39, 0.29) is 18.9 Å². The summed E-state index contributed by atoms with van der Waals surface area (Å²) in [7, 11) is -3.52. The fraction of sp³-hybridized carbons (Fsp3) is 1.00. The Bertz CT molecular complexity index is 148. The fourth-order valence-electron chi connectivity index (χ4n) is 0.535. The molecular formula is C6H15O4P. The Kier molecular flexibility index (Phi) is 4.93. The zero-order valence-corrected chi connectivity index (χ0v) is 7.75. The molecule has 0 saturated carbocycles. The van der Waals surface area contributed by atoms with E-state index < -0.39 is 7.60 Å². The van der Waals surface area contributed by atoms with Crippen LogP contribution >= 0.6 is 7.60 Å². The molecule has 0 aromatic heterocycles.